The van der Waals surface area contributed by atoms with Gasteiger partial charge in [0.25, 0.3) is 5.91 Å². The predicted molar refractivity (Wildman–Crippen MR) is 124 cm³/mol. The lowest BCUT2D eigenvalue weighted by Crippen LogP contribution is -2.37. The summed E-state index contributed by atoms with van der Waals surface area (Å²) in [5.74, 6) is -0.918. The number of piperidine rings is 1. The number of amides is 1. The number of aliphatic hydroxyl groups is 1. The largest absolute Gasteiger partial charge is 0.507 e. The smallest absolute Gasteiger partial charge is 0.342 e. The summed E-state index contributed by atoms with van der Waals surface area (Å²) in [6, 6.07) is 4.79. The first-order chi connectivity index (χ1) is 15.9. The fourth-order valence-electron chi connectivity index (χ4n) is 3.83. The number of nitrogens with zero attached hydrogens (tertiary/aromatic N) is 2. The zero-order valence-electron chi connectivity index (χ0n) is 19.0. The Balaban J connectivity index is 1.81. The molecule has 178 valence electrons. The lowest BCUT2D eigenvalue weighted by molar-refractivity contribution is -0.137. The second-order valence-electron chi connectivity index (χ2n) is 8.37. The topological polar surface area (TPSA) is 109 Å². The van der Waals surface area contributed by atoms with Crippen LogP contribution in [0.1, 0.15) is 54.9 Å². The number of carbonyl (C=O) groups is 2. The number of hydrogen-bond acceptors (Lipinski definition) is 7. The number of phenolic OH excluding ortho intramolecular Hbond substituents is 1. The van der Waals surface area contributed by atoms with Crippen molar-refractivity contribution in [3.05, 3.63) is 53.6 Å². The molecular formula is C25H32N2O6. The fraction of sp³-hybridized carbons (Fsp3) is 0.480. The summed E-state index contributed by atoms with van der Waals surface area (Å²) in [7, 11) is 0. The summed E-state index contributed by atoms with van der Waals surface area (Å²) in [4.78, 5) is 32.3. The third kappa shape index (κ3) is 7.46. The van der Waals surface area contributed by atoms with Crippen molar-refractivity contribution in [3.63, 3.8) is 0 Å². The van der Waals surface area contributed by atoms with E-state index in [1.54, 1.807) is 48.3 Å². The number of ether oxygens (including phenoxy) is 1. The van der Waals surface area contributed by atoms with Gasteiger partial charge in [0.05, 0.1) is 11.8 Å². The molecule has 8 heteroatoms. The molecule has 2 aliphatic heterocycles. The molecule has 8 nitrogen and oxygen atoms in total. The van der Waals surface area contributed by atoms with E-state index in [0.29, 0.717) is 24.1 Å². The first-order valence-electron chi connectivity index (χ1n) is 11.4. The number of rotatable bonds is 3. The van der Waals surface area contributed by atoms with Crippen molar-refractivity contribution < 1.29 is 29.4 Å². The van der Waals surface area contributed by atoms with E-state index in [1.807, 2.05) is 0 Å². The maximum absolute atomic E-state index is 12.8. The summed E-state index contributed by atoms with van der Waals surface area (Å²) < 4.78 is 5.48. The van der Waals surface area contributed by atoms with E-state index in [4.69, 9.17) is 9.57 Å². The first kappa shape index (κ1) is 24.5. The minimum atomic E-state index is -0.689. The van der Waals surface area contributed by atoms with Crippen LogP contribution < -0.4 is 0 Å². The molecule has 3 rings (SSSR count). The van der Waals surface area contributed by atoms with E-state index < -0.39 is 18.2 Å². The highest BCUT2D eigenvalue weighted by molar-refractivity contribution is 6.00. The Morgan fingerprint density at radius 1 is 1.21 bits per heavy atom. The minimum Gasteiger partial charge on any atom is -0.507 e. The number of aromatic hydroxyl groups is 1. The molecule has 2 aliphatic rings. The quantitative estimate of drug-likeness (QED) is 0.411. The van der Waals surface area contributed by atoms with Crippen molar-refractivity contribution in [1.29, 1.82) is 0 Å². The number of carbonyl (C=O) groups excluding carboxylic acids is 2. The van der Waals surface area contributed by atoms with Crippen molar-refractivity contribution in [1.82, 2.24) is 4.90 Å². The van der Waals surface area contributed by atoms with Gasteiger partial charge in [-0.1, -0.05) is 35.5 Å². The monoisotopic (exact) mass is 456 g/mol. The third-order valence-corrected chi connectivity index (χ3v) is 5.61. The highest BCUT2D eigenvalue weighted by atomic mass is 16.6. The third-order valence-electron chi connectivity index (χ3n) is 5.61. The van der Waals surface area contributed by atoms with Crippen LogP contribution in [0.5, 0.6) is 5.75 Å². The summed E-state index contributed by atoms with van der Waals surface area (Å²) in [6.07, 6.45) is 9.85. The van der Waals surface area contributed by atoms with Crippen LogP contribution in [-0.2, 0) is 20.8 Å². The molecular weight excluding hydrogens is 424 g/mol. The number of likely N-dealkylation sites (tertiary alicyclic amines) is 1. The molecule has 0 aromatic heterocycles. The van der Waals surface area contributed by atoms with E-state index in [-0.39, 0.29) is 30.2 Å². The van der Waals surface area contributed by atoms with Crippen LogP contribution in [0.15, 0.2) is 47.7 Å². The minimum absolute atomic E-state index is 0.0796. The van der Waals surface area contributed by atoms with Crippen LogP contribution in [-0.4, -0.2) is 64.6 Å². The molecule has 2 atom stereocenters. The van der Waals surface area contributed by atoms with Gasteiger partial charge in [0, 0.05) is 25.9 Å². The molecule has 2 heterocycles. The molecule has 0 bridgehead atoms. The number of benzene rings is 1. The van der Waals surface area contributed by atoms with Gasteiger partial charge in [0.2, 0.25) is 0 Å². The maximum Gasteiger partial charge on any atom is 0.342 e. The Bertz CT molecular complexity index is 917. The predicted octanol–water partition coefficient (Wildman–Crippen LogP) is 3.13. The number of cyclic esters (lactones) is 1. The van der Waals surface area contributed by atoms with Crippen molar-refractivity contribution in [3.8, 4) is 5.75 Å². The molecule has 0 radical (unpaired) electrons. The van der Waals surface area contributed by atoms with Crippen LogP contribution in [0.3, 0.4) is 0 Å². The average molecular weight is 457 g/mol. The van der Waals surface area contributed by atoms with Gasteiger partial charge in [-0.25, -0.2) is 4.79 Å². The van der Waals surface area contributed by atoms with Gasteiger partial charge in [0.15, 0.2) is 6.61 Å². The molecule has 1 amide bonds. The zero-order chi connectivity index (χ0) is 23.6. The highest BCUT2D eigenvalue weighted by Gasteiger charge is 2.21. The Morgan fingerprint density at radius 3 is 2.79 bits per heavy atom. The van der Waals surface area contributed by atoms with Crippen molar-refractivity contribution in [2.75, 3.05) is 19.7 Å². The van der Waals surface area contributed by atoms with Gasteiger partial charge < -0.3 is 24.7 Å². The molecule has 1 unspecified atom stereocenters. The fourth-order valence-corrected chi connectivity index (χ4v) is 3.83. The van der Waals surface area contributed by atoms with E-state index >= 15 is 0 Å². The zero-order valence-corrected chi connectivity index (χ0v) is 19.0. The average Bonchev–Trinajstić information content (AvgIpc) is 2.79. The number of allylic oxidation sites excluding steroid dienone is 1. The van der Waals surface area contributed by atoms with Gasteiger partial charge in [-0.15, -0.1) is 0 Å². The van der Waals surface area contributed by atoms with Gasteiger partial charge in [-0.3, -0.25) is 4.79 Å². The first-order valence-corrected chi connectivity index (χ1v) is 11.4. The Labute approximate surface area is 194 Å². The standard InChI is InChI=1S/C25H32N2O6/c1-18-8-5-11-21(28)12-7-10-20(26-32-17-23(30)27-14-3-2-4-15-27)16-19-9-6-13-22(29)24(19)25(31)33-18/h5-7,9-11,13,18,21,28-29H,2-4,8,12,14-17H2,1H3/b10-7+,11-5+,26-20-/t18-,21?/m1/s1. The van der Waals surface area contributed by atoms with Crippen molar-refractivity contribution in [2.45, 2.75) is 57.7 Å². The lowest BCUT2D eigenvalue weighted by Gasteiger charge is -2.26. The molecule has 2 N–H and O–H groups in total. The van der Waals surface area contributed by atoms with Gasteiger partial charge in [-0.05, 0) is 50.3 Å². The normalized spacial score (nSPS) is 25.5. The molecule has 33 heavy (non-hydrogen) atoms. The van der Waals surface area contributed by atoms with E-state index in [0.717, 1.165) is 32.4 Å². The summed E-state index contributed by atoms with van der Waals surface area (Å²) in [5.41, 5.74) is 1.05. The lowest BCUT2D eigenvalue weighted by atomic mass is 10.00. The molecule has 0 spiro atoms. The van der Waals surface area contributed by atoms with Crippen LogP contribution >= 0.6 is 0 Å². The Hall–Kier alpha value is -3.13. The molecule has 1 fully saturated rings. The van der Waals surface area contributed by atoms with E-state index in [1.165, 1.54) is 6.07 Å². The second kappa shape index (κ2) is 12.2. The van der Waals surface area contributed by atoms with Gasteiger partial charge >= 0.3 is 5.97 Å². The molecule has 0 aliphatic carbocycles. The Kier molecular flexibility index (Phi) is 9.06. The van der Waals surface area contributed by atoms with Crippen LogP contribution in [0.25, 0.3) is 0 Å². The van der Waals surface area contributed by atoms with Crippen molar-refractivity contribution >= 4 is 17.6 Å². The number of fused-ring (bicyclic) bond motifs is 1. The van der Waals surface area contributed by atoms with Crippen LogP contribution in [0.2, 0.25) is 0 Å². The van der Waals surface area contributed by atoms with Gasteiger partial charge in [0.1, 0.15) is 17.4 Å². The number of hydrogen-bond donors (Lipinski definition) is 2. The Morgan fingerprint density at radius 2 is 2.00 bits per heavy atom. The number of aliphatic hydroxyl groups excluding tert-OH is 1. The summed E-state index contributed by atoms with van der Waals surface area (Å²) >= 11 is 0. The number of esters is 1. The van der Waals surface area contributed by atoms with Crippen LogP contribution in [0, 0.1) is 0 Å². The summed E-state index contributed by atoms with van der Waals surface area (Å²) in [5, 5.41) is 24.6. The SMILES string of the molecule is C[C@@H]1C/C=C/C(O)C/C=C/C(=N/OCC(=O)N2CCCCC2)Cc2cccc(O)c2C(=O)O1. The number of oxime groups is 1. The number of phenols is 1. The molecule has 1 aromatic rings. The molecule has 1 saturated heterocycles. The van der Waals surface area contributed by atoms with Gasteiger partial charge in [-0.2, -0.15) is 0 Å². The van der Waals surface area contributed by atoms with E-state index in [2.05, 4.69) is 5.16 Å². The summed E-state index contributed by atoms with van der Waals surface area (Å²) in [6.45, 7) is 3.05. The van der Waals surface area contributed by atoms with E-state index in [9.17, 15) is 19.8 Å². The second-order valence-corrected chi connectivity index (χ2v) is 8.37. The highest BCUT2D eigenvalue weighted by Crippen LogP contribution is 2.24. The molecule has 1 aromatic carbocycles. The maximum atomic E-state index is 12.8. The van der Waals surface area contributed by atoms with Crippen LogP contribution in [0.4, 0.5) is 0 Å². The van der Waals surface area contributed by atoms with Crippen molar-refractivity contribution in [2.24, 2.45) is 5.16 Å². The molecule has 0 saturated carbocycles.